The van der Waals surface area contributed by atoms with Gasteiger partial charge in [-0.25, -0.2) is 13.5 Å². The maximum absolute atomic E-state index is 14.7. The fraction of sp³-hybridized carbons (Fsp3) is 0.391. The van der Waals surface area contributed by atoms with Gasteiger partial charge in [-0.05, 0) is 66.5 Å². The molecular formula is C23H26F2N4. The quantitative estimate of drug-likeness (QED) is 0.639. The van der Waals surface area contributed by atoms with E-state index in [0.29, 0.717) is 17.0 Å². The molecule has 0 spiro atoms. The van der Waals surface area contributed by atoms with Crippen molar-refractivity contribution in [2.24, 2.45) is 5.41 Å². The summed E-state index contributed by atoms with van der Waals surface area (Å²) < 4.78 is 31.1. The van der Waals surface area contributed by atoms with E-state index in [9.17, 15) is 8.78 Å². The number of halogens is 2. The molecule has 0 aliphatic heterocycles. The van der Waals surface area contributed by atoms with E-state index >= 15 is 0 Å². The highest BCUT2D eigenvalue weighted by molar-refractivity contribution is 5.66. The lowest BCUT2D eigenvalue weighted by molar-refractivity contribution is 0.205. The van der Waals surface area contributed by atoms with Crippen molar-refractivity contribution in [1.82, 2.24) is 20.3 Å². The smallest absolute Gasteiger partial charge is 0.131 e. The van der Waals surface area contributed by atoms with Crippen LogP contribution in [0.25, 0.3) is 16.8 Å². The molecule has 0 unspecified atom stereocenters. The second-order valence-corrected chi connectivity index (χ2v) is 8.64. The second-order valence-electron chi connectivity index (χ2n) is 8.64. The first-order chi connectivity index (χ1) is 13.9. The maximum Gasteiger partial charge on any atom is 0.131 e. The summed E-state index contributed by atoms with van der Waals surface area (Å²) in [7, 11) is 0. The molecule has 2 aromatic carbocycles. The molecule has 1 aliphatic rings. The van der Waals surface area contributed by atoms with Crippen LogP contribution in [0.1, 0.15) is 45.1 Å². The van der Waals surface area contributed by atoms with Gasteiger partial charge in [0, 0.05) is 18.2 Å². The highest BCUT2D eigenvalue weighted by Gasteiger charge is 2.26. The van der Waals surface area contributed by atoms with Gasteiger partial charge < -0.3 is 5.32 Å². The Morgan fingerprint density at radius 3 is 2.45 bits per heavy atom. The topological polar surface area (TPSA) is 42.7 Å². The first-order valence-corrected chi connectivity index (χ1v) is 10.1. The normalized spacial score (nSPS) is 16.8. The Kier molecular flexibility index (Phi) is 5.46. The van der Waals surface area contributed by atoms with Gasteiger partial charge in [-0.15, -0.1) is 5.10 Å². The van der Waals surface area contributed by atoms with Crippen LogP contribution in [0.15, 0.2) is 48.8 Å². The summed E-state index contributed by atoms with van der Waals surface area (Å²) in [6.07, 6.45) is 7.67. The highest BCUT2D eigenvalue weighted by atomic mass is 19.1. The molecule has 152 valence electrons. The predicted octanol–water partition coefficient (Wildman–Crippen LogP) is 5.27. The molecule has 1 aromatic heterocycles. The molecule has 0 bridgehead atoms. The summed E-state index contributed by atoms with van der Waals surface area (Å²) in [5.41, 5.74) is 2.49. The van der Waals surface area contributed by atoms with E-state index in [1.165, 1.54) is 12.1 Å². The fourth-order valence-electron chi connectivity index (χ4n) is 3.96. The Balaban J connectivity index is 1.50. The van der Waals surface area contributed by atoms with Crippen molar-refractivity contribution >= 4 is 0 Å². The lowest BCUT2D eigenvalue weighted by atomic mass is 9.75. The fourth-order valence-corrected chi connectivity index (χ4v) is 3.96. The van der Waals surface area contributed by atoms with E-state index in [1.807, 2.05) is 24.3 Å². The van der Waals surface area contributed by atoms with Crippen molar-refractivity contribution in [2.75, 3.05) is 0 Å². The van der Waals surface area contributed by atoms with Crippen LogP contribution in [0.2, 0.25) is 0 Å². The molecule has 6 heteroatoms. The predicted molar refractivity (Wildman–Crippen MR) is 110 cm³/mol. The molecule has 0 atom stereocenters. The average molecular weight is 396 g/mol. The lowest BCUT2D eigenvalue weighted by Crippen LogP contribution is -2.35. The molecule has 1 N–H and O–H groups in total. The molecule has 4 nitrogen and oxygen atoms in total. The minimum Gasteiger partial charge on any atom is -0.310 e. The SMILES string of the molecule is CC1(C)CCC(NCc2c(F)cc(-c3cccc(-n4ccnn4)c3)cc2F)CC1. The Morgan fingerprint density at radius 2 is 1.79 bits per heavy atom. The third-order valence-electron chi connectivity index (χ3n) is 5.91. The molecule has 0 radical (unpaired) electrons. The van der Waals surface area contributed by atoms with Crippen LogP contribution in [0, 0.1) is 17.0 Å². The van der Waals surface area contributed by atoms with E-state index < -0.39 is 11.6 Å². The molecule has 29 heavy (non-hydrogen) atoms. The van der Waals surface area contributed by atoms with Crippen LogP contribution in [0.4, 0.5) is 8.78 Å². The Hall–Kier alpha value is -2.60. The van der Waals surface area contributed by atoms with Crippen LogP contribution in [0.5, 0.6) is 0 Å². The standard InChI is InChI=1S/C23H26F2N4/c1-23(2)8-6-18(7-9-23)26-15-20-21(24)13-17(14-22(20)25)16-4-3-5-19(12-16)29-11-10-27-28-29/h3-5,10-14,18,26H,6-9,15H2,1-2H3. The van der Waals surface area contributed by atoms with E-state index in [0.717, 1.165) is 36.9 Å². The van der Waals surface area contributed by atoms with Gasteiger partial charge in [-0.1, -0.05) is 31.2 Å². The summed E-state index contributed by atoms with van der Waals surface area (Å²) in [5, 5.41) is 11.1. The van der Waals surface area contributed by atoms with Gasteiger partial charge in [0.2, 0.25) is 0 Å². The van der Waals surface area contributed by atoms with Crippen molar-refractivity contribution in [3.05, 3.63) is 66.0 Å². The van der Waals surface area contributed by atoms with Crippen LogP contribution in [-0.4, -0.2) is 21.0 Å². The van der Waals surface area contributed by atoms with Crippen LogP contribution >= 0.6 is 0 Å². The Bertz CT molecular complexity index is 949. The molecule has 0 saturated heterocycles. The van der Waals surface area contributed by atoms with Gasteiger partial charge in [0.15, 0.2) is 0 Å². The van der Waals surface area contributed by atoms with Crippen molar-refractivity contribution in [3.63, 3.8) is 0 Å². The van der Waals surface area contributed by atoms with Gasteiger partial charge in [-0.2, -0.15) is 0 Å². The minimum absolute atomic E-state index is 0.103. The van der Waals surface area contributed by atoms with Crippen LogP contribution in [-0.2, 0) is 6.54 Å². The molecule has 3 aromatic rings. The van der Waals surface area contributed by atoms with Crippen LogP contribution in [0.3, 0.4) is 0 Å². The largest absolute Gasteiger partial charge is 0.310 e. The van der Waals surface area contributed by atoms with Gasteiger partial charge in [-0.3, -0.25) is 0 Å². The number of hydrogen-bond acceptors (Lipinski definition) is 3. The van der Waals surface area contributed by atoms with Crippen molar-refractivity contribution in [3.8, 4) is 16.8 Å². The number of nitrogens with zero attached hydrogens (tertiary/aromatic N) is 3. The van der Waals surface area contributed by atoms with E-state index in [4.69, 9.17) is 0 Å². The molecule has 1 fully saturated rings. The van der Waals surface area contributed by atoms with Gasteiger partial charge in [0.05, 0.1) is 18.1 Å². The molecule has 4 rings (SSSR count). The van der Waals surface area contributed by atoms with E-state index in [-0.39, 0.29) is 12.1 Å². The number of nitrogens with one attached hydrogen (secondary N) is 1. The Labute approximate surface area is 170 Å². The van der Waals surface area contributed by atoms with E-state index in [1.54, 1.807) is 17.1 Å². The zero-order chi connectivity index (χ0) is 20.4. The average Bonchev–Trinajstić information content (AvgIpc) is 3.23. The third-order valence-corrected chi connectivity index (χ3v) is 5.91. The molecule has 1 saturated carbocycles. The summed E-state index contributed by atoms with van der Waals surface area (Å²) in [4.78, 5) is 0. The first-order valence-electron chi connectivity index (χ1n) is 10.1. The summed E-state index contributed by atoms with van der Waals surface area (Å²) in [6, 6.07) is 10.5. The lowest BCUT2D eigenvalue weighted by Gasteiger charge is -2.34. The van der Waals surface area contributed by atoms with Crippen molar-refractivity contribution in [1.29, 1.82) is 0 Å². The number of aromatic nitrogens is 3. The van der Waals surface area contributed by atoms with Crippen LogP contribution < -0.4 is 5.32 Å². The summed E-state index contributed by atoms with van der Waals surface area (Å²) in [6.45, 7) is 4.76. The molecule has 1 aliphatic carbocycles. The van der Waals surface area contributed by atoms with Crippen molar-refractivity contribution in [2.45, 2.75) is 52.1 Å². The second kappa shape index (κ2) is 8.03. The van der Waals surface area contributed by atoms with Gasteiger partial charge in [0.1, 0.15) is 11.6 Å². The minimum atomic E-state index is -0.519. The van der Waals surface area contributed by atoms with Gasteiger partial charge in [0.25, 0.3) is 0 Å². The van der Waals surface area contributed by atoms with Crippen molar-refractivity contribution < 1.29 is 8.78 Å². The zero-order valence-corrected chi connectivity index (χ0v) is 16.8. The van der Waals surface area contributed by atoms with Gasteiger partial charge >= 0.3 is 0 Å². The highest BCUT2D eigenvalue weighted by Crippen LogP contribution is 2.35. The zero-order valence-electron chi connectivity index (χ0n) is 16.8. The summed E-state index contributed by atoms with van der Waals surface area (Å²) in [5.74, 6) is -1.04. The summed E-state index contributed by atoms with van der Waals surface area (Å²) >= 11 is 0. The van der Waals surface area contributed by atoms with E-state index in [2.05, 4.69) is 29.5 Å². The first kappa shape index (κ1) is 19.7. The third kappa shape index (κ3) is 4.53. The molecule has 0 amide bonds. The number of hydrogen-bond donors (Lipinski definition) is 1. The monoisotopic (exact) mass is 396 g/mol. The Morgan fingerprint density at radius 1 is 1.07 bits per heavy atom. The maximum atomic E-state index is 14.7. The number of rotatable bonds is 5. The molecular weight excluding hydrogens is 370 g/mol. The number of benzene rings is 2. The molecule has 1 heterocycles.